The summed E-state index contributed by atoms with van der Waals surface area (Å²) in [5, 5.41) is 0.217. The molecule has 0 bridgehead atoms. The third-order valence-corrected chi connectivity index (χ3v) is 5.36. The number of carbonyl (C=O) groups excluding carboxylic acids is 2. The topological polar surface area (TPSA) is 61.8 Å². The molecule has 0 spiro atoms. The van der Waals surface area contributed by atoms with Gasteiger partial charge in [-0.05, 0) is 43.7 Å². The second kappa shape index (κ2) is 11.2. The summed E-state index contributed by atoms with van der Waals surface area (Å²) in [5.74, 6) is -0.307. The molecule has 166 valence electrons. The number of rotatable bonds is 9. The molecule has 3 aromatic rings. The summed E-state index contributed by atoms with van der Waals surface area (Å²) in [6.45, 7) is 4.11. The zero-order valence-corrected chi connectivity index (χ0v) is 20.0. The van der Waals surface area contributed by atoms with E-state index in [-0.39, 0.29) is 23.0 Å². The van der Waals surface area contributed by atoms with Crippen molar-refractivity contribution < 1.29 is 23.8 Å². The molecule has 0 fully saturated rings. The van der Waals surface area contributed by atoms with Crippen molar-refractivity contribution >= 4 is 39.3 Å². The molecule has 0 saturated heterocycles. The van der Waals surface area contributed by atoms with Crippen molar-refractivity contribution in [1.82, 2.24) is 0 Å². The summed E-state index contributed by atoms with van der Waals surface area (Å²) in [6, 6.07) is 17.7. The van der Waals surface area contributed by atoms with Crippen LogP contribution < -0.4 is 9.47 Å². The van der Waals surface area contributed by atoms with Crippen LogP contribution in [0.5, 0.6) is 11.5 Å². The monoisotopic (exact) mass is 516 g/mol. The zero-order valence-electron chi connectivity index (χ0n) is 17.7. The van der Waals surface area contributed by atoms with Crippen molar-refractivity contribution in [2.24, 2.45) is 0 Å². The first-order valence-electron chi connectivity index (χ1n) is 9.98. The fraction of sp³-hybridized carbons (Fsp3) is 0.200. The van der Waals surface area contributed by atoms with Gasteiger partial charge in [0.05, 0.1) is 17.2 Å². The third kappa shape index (κ3) is 6.34. The van der Waals surface area contributed by atoms with E-state index in [4.69, 9.17) is 25.8 Å². The van der Waals surface area contributed by atoms with Crippen molar-refractivity contribution in [3.63, 3.8) is 0 Å². The number of ketones is 1. The summed E-state index contributed by atoms with van der Waals surface area (Å²) in [7, 11) is 0. The van der Waals surface area contributed by atoms with Crippen LogP contribution >= 0.6 is 27.5 Å². The lowest BCUT2D eigenvalue weighted by molar-refractivity contribution is 0.0474. The van der Waals surface area contributed by atoms with Gasteiger partial charge in [0, 0.05) is 10.0 Å². The van der Waals surface area contributed by atoms with Crippen LogP contribution in [0.15, 0.2) is 65.1 Å². The van der Waals surface area contributed by atoms with Crippen LogP contribution in [0, 0.1) is 6.92 Å². The quantitative estimate of drug-likeness (QED) is 0.242. The predicted octanol–water partition coefficient (Wildman–Crippen LogP) is 6.43. The first kappa shape index (κ1) is 23.8. The minimum atomic E-state index is -0.677. The van der Waals surface area contributed by atoms with Gasteiger partial charge in [-0.25, -0.2) is 4.79 Å². The summed E-state index contributed by atoms with van der Waals surface area (Å²) in [6.07, 6.45) is 0. The van der Waals surface area contributed by atoms with Gasteiger partial charge in [0.2, 0.25) is 0 Å². The van der Waals surface area contributed by atoms with Crippen LogP contribution in [0.4, 0.5) is 0 Å². The van der Waals surface area contributed by atoms with E-state index in [0.29, 0.717) is 30.3 Å². The number of Topliss-reactive ketones (excluding diaryl/α,β-unsaturated/α-hetero) is 1. The molecule has 3 rings (SSSR count). The minimum absolute atomic E-state index is 0.171. The van der Waals surface area contributed by atoms with E-state index in [2.05, 4.69) is 15.9 Å². The maximum absolute atomic E-state index is 12.5. The van der Waals surface area contributed by atoms with Crippen LogP contribution in [0.3, 0.4) is 0 Å². The average Bonchev–Trinajstić information content (AvgIpc) is 2.78. The molecule has 32 heavy (non-hydrogen) atoms. The van der Waals surface area contributed by atoms with E-state index in [1.807, 2.05) is 38.1 Å². The Morgan fingerprint density at radius 3 is 2.28 bits per heavy atom. The number of carbonyl (C=O) groups is 2. The summed E-state index contributed by atoms with van der Waals surface area (Å²) < 4.78 is 17.6. The lowest BCUT2D eigenvalue weighted by atomic mass is 10.1. The van der Waals surface area contributed by atoms with E-state index < -0.39 is 5.97 Å². The summed E-state index contributed by atoms with van der Waals surface area (Å²) in [4.78, 5) is 24.8. The predicted molar refractivity (Wildman–Crippen MR) is 127 cm³/mol. The Morgan fingerprint density at radius 2 is 1.62 bits per heavy atom. The number of esters is 1. The molecular formula is C25H22BrClO5. The molecule has 0 heterocycles. The molecule has 0 aliphatic heterocycles. The van der Waals surface area contributed by atoms with Crippen LogP contribution in [0.1, 0.15) is 38.8 Å². The van der Waals surface area contributed by atoms with Crippen molar-refractivity contribution in [2.45, 2.75) is 20.5 Å². The van der Waals surface area contributed by atoms with Gasteiger partial charge in [0.15, 0.2) is 23.9 Å². The second-order valence-electron chi connectivity index (χ2n) is 7.00. The smallest absolute Gasteiger partial charge is 0.338 e. The molecule has 0 radical (unpaired) electrons. The number of hydrogen-bond acceptors (Lipinski definition) is 5. The zero-order chi connectivity index (χ0) is 23.1. The molecule has 0 aromatic heterocycles. The third-order valence-electron chi connectivity index (χ3n) is 4.55. The first-order chi connectivity index (χ1) is 15.4. The number of ether oxygens (including phenoxy) is 3. The van der Waals surface area contributed by atoms with E-state index >= 15 is 0 Å². The van der Waals surface area contributed by atoms with Gasteiger partial charge in [-0.3, -0.25) is 4.79 Å². The van der Waals surface area contributed by atoms with Crippen molar-refractivity contribution in [1.29, 1.82) is 0 Å². The van der Waals surface area contributed by atoms with Gasteiger partial charge in [-0.2, -0.15) is 0 Å². The van der Waals surface area contributed by atoms with E-state index in [1.54, 1.807) is 24.3 Å². The number of aryl methyl sites for hydroxylation is 1. The lowest BCUT2D eigenvalue weighted by Crippen LogP contribution is -2.14. The highest BCUT2D eigenvalue weighted by Gasteiger charge is 2.19. The Balaban J connectivity index is 1.70. The van der Waals surface area contributed by atoms with Gasteiger partial charge in [-0.15, -0.1) is 0 Å². The first-order valence-corrected chi connectivity index (χ1v) is 11.1. The largest absolute Gasteiger partial charge is 0.490 e. The van der Waals surface area contributed by atoms with Crippen molar-refractivity contribution in [3.8, 4) is 11.5 Å². The molecule has 0 atom stereocenters. The fourth-order valence-corrected chi connectivity index (χ4v) is 3.39. The van der Waals surface area contributed by atoms with Crippen LogP contribution in [0.25, 0.3) is 0 Å². The van der Waals surface area contributed by atoms with Crippen molar-refractivity contribution in [2.75, 3.05) is 13.2 Å². The molecule has 3 aromatic carbocycles. The molecule has 0 amide bonds. The SMILES string of the molecule is CCOc1cc(C(=O)OCC(=O)c2ccc(Br)cc2)cc(Cl)c1OCc1ccc(C)cc1. The Hall–Kier alpha value is -2.83. The Morgan fingerprint density at radius 1 is 0.938 bits per heavy atom. The van der Waals surface area contributed by atoms with Crippen LogP contribution in [0.2, 0.25) is 5.02 Å². The van der Waals surface area contributed by atoms with Crippen LogP contribution in [-0.2, 0) is 11.3 Å². The molecule has 0 aliphatic rings. The maximum Gasteiger partial charge on any atom is 0.338 e. The number of benzene rings is 3. The fourth-order valence-electron chi connectivity index (χ4n) is 2.86. The minimum Gasteiger partial charge on any atom is -0.490 e. The maximum atomic E-state index is 12.5. The van der Waals surface area contributed by atoms with Gasteiger partial charge < -0.3 is 14.2 Å². The van der Waals surface area contributed by atoms with E-state index in [0.717, 1.165) is 15.6 Å². The standard InChI is InChI=1S/C25H22BrClO5/c1-3-30-23-13-19(25(29)32-15-22(28)18-8-10-20(26)11-9-18)12-21(27)24(23)31-14-17-6-4-16(2)5-7-17/h4-13H,3,14-15H2,1-2H3. The Kier molecular flexibility index (Phi) is 8.31. The molecule has 5 nitrogen and oxygen atoms in total. The molecule has 7 heteroatoms. The number of halogens is 2. The van der Waals surface area contributed by atoms with Gasteiger partial charge >= 0.3 is 5.97 Å². The number of hydrogen-bond donors (Lipinski definition) is 0. The van der Waals surface area contributed by atoms with Crippen LogP contribution in [-0.4, -0.2) is 25.0 Å². The van der Waals surface area contributed by atoms with E-state index in [1.165, 1.54) is 12.1 Å². The summed E-state index contributed by atoms with van der Waals surface area (Å²) in [5.41, 5.74) is 2.76. The molecular weight excluding hydrogens is 496 g/mol. The van der Waals surface area contributed by atoms with Crippen molar-refractivity contribution in [3.05, 3.63) is 92.4 Å². The lowest BCUT2D eigenvalue weighted by Gasteiger charge is -2.15. The van der Waals surface area contributed by atoms with Gasteiger partial charge in [0.1, 0.15) is 6.61 Å². The van der Waals surface area contributed by atoms with E-state index in [9.17, 15) is 9.59 Å². The van der Waals surface area contributed by atoms with Gasteiger partial charge in [-0.1, -0.05) is 69.5 Å². The van der Waals surface area contributed by atoms with Gasteiger partial charge in [0.25, 0.3) is 0 Å². The summed E-state index contributed by atoms with van der Waals surface area (Å²) >= 11 is 9.71. The highest BCUT2D eigenvalue weighted by Crippen LogP contribution is 2.37. The Bertz CT molecular complexity index is 1090. The average molecular weight is 518 g/mol. The normalized spacial score (nSPS) is 10.5. The highest BCUT2D eigenvalue weighted by molar-refractivity contribution is 9.10. The molecule has 0 N–H and O–H groups in total. The highest BCUT2D eigenvalue weighted by atomic mass is 79.9. The molecule has 0 unspecified atom stereocenters. The molecule has 0 aliphatic carbocycles. The Labute approximate surface area is 200 Å². The molecule has 0 saturated carbocycles. The second-order valence-corrected chi connectivity index (χ2v) is 8.32.